The van der Waals surface area contributed by atoms with E-state index in [2.05, 4.69) is 26.2 Å². The number of benzene rings is 2. The van der Waals surface area contributed by atoms with E-state index < -0.39 is 5.82 Å². The number of methoxy groups -OCH3 is 1. The Morgan fingerprint density at radius 1 is 1.24 bits per heavy atom. The van der Waals surface area contributed by atoms with Gasteiger partial charge in [-0.25, -0.2) is 9.37 Å². The summed E-state index contributed by atoms with van der Waals surface area (Å²) in [6.45, 7) is 2.29. The van der Waals surface area contributed by atoms with Crippen molar-refractivity contribution in [2.45, 2.75) is 26.1 Å². The van der Waals surface area contributed by atoms with Crippen LogP contribution in [0, 0.1) is 5.82 Å². The van der Waals surface area contributed by atoms with Crippen LogP contribution in [0.4, 0.5) is 4.39 Å². The van der Waals surface area contributed by atoms with Gasteiger partial charge in [-0.15, -0.1) is 0 Å². The Morgan fingerprint density at radius 3 is 2.83 bits per heavy atom. The summed E-state index contributed by atoms with van der Waals surface area (Å²) >= 11 is 9.70. The van der Waals surface area contributed by atoms with Gasteiger partial charge < -0.3 is 19.4 Å². The zero-order chi connectivity index (χ0) is 20.6. The Balaban J connectivity index is 1.67. The van der Waals surface area contributed by atoms with Crippen LogP contribution in [0.2, 0.25) is 5.02 Å². The van der Waals surface area contributed by atoms with E-state index in [4.69, 9.17) is 21.1 Å². The summed E-state index contributed by atoms with van der Waals surface area (Å²) in [5, 5.41) is 3.75. The molecule has 154 valence electrons. The molecule has 0 saturated carbocycles. The molecule has 0 aliphatic carbocycles. The first-order chi connectivity index (χ1) is 14.1. The Labute approximate surface area is 182 Å². The summed E-state index contributed by atoms with van der Waals surface area (Å²) < 4.78 is 28.4. The number of hydrogen-bond donors (Lipinski definition) is 1. The number of hydrogen-bond acceptors (Lipinski definition) is 4. The number of aryl methyl sites for hydroxylation is 1. The number of nitrogens with one attached hydrogen (secondary N) is 1. The van der Waals surface area contributed by atoms with Crippen LogP contribution in [0.15, 0.2) is 53.5 Å². The van der Waals surface area contributed by atoms with Gasteiger partial charge in [0.1, 0.15) is 12.4 Å². The number of nitrogens with zero attached hydrogens (tertiary/aromatic N) is 2. The quantitative estimate of drug-likeness (QED) is 0.403. The maximum Gasteiger partial charge on any atom is 0.167 e. The predicted octanol–water partition coefficient (Wildman–Crippen LogP) is 5.21. The molecule has 1 aromatic heterocycles. The minimum absolute atomic E-state index is 0.00590. The van der Waals surface area contributed by atoms with Crippen LogP contribution in [-0.2, 0) is 19.7 Å². The van der Waals surface area contributed by atoms with Crippen molar-refractivity contribution in [3.8, 4) is 11.5 Å². The van der Waals surface area contributed by atoms with Gasteiger partial charge in [0, 0.05) is 41.1 Å². The fourth-order valence-corrected chi connectivity index (χ4v) is 3.57. The van der Waals surface area contributed by atoms with Crippen molar-refractivity contribution in [2.75, 3.05) is 13.7 Å². The van der Waals surface area contributed by atoms with Crippen molar-refractivity contribution in [1.29, 1.82) is 0 Å². The van der Waals surface area contributed by atoms with Crippen LogP contribution in [0.1, 0.15) is 17.5 Å². The van der Waals surface area contributed by atoms with Crippen molar-refractivity contribution in [2.24, 2.45) is 0 Å². The molecule has 0 unspecified atom stereocenters. The third-order valence-corrected chi connectivity index (χ3v) is 5.54. The van der Waals surface area contributed by atoms with Crippen LogP contribution in [-0.4, -0.2) is 23.2 Å². The minimum atomic E-state index is -0.398. The standard InChI is InChI=1S/C21H22BrClFN3O2/c1-28-20-7-6-17(22)15(12-25-8-3-10-27-11-9-26-14-27)21(20)29-13-16-18(23)4-2-5-19(16)24/h2,4-7,9,11,14,25H,3,8,10,12-13H2,1H3. The molecular formula is C21H22BrClFN3O2. The van der Waals surface area contributed by atoms with Crippen molar-refractivity contribution < 1.29 is 13.9 Å². The first-order valence-corrected chi connectivity index (χ1v) is 10.3. The average Bonchev–Trinajstić information content (AvgIpc) is 3.22. The summed E-state index contributed by atoms with van der Waals surface area (Å²) in [4.78, 5) is 4.04. The molecule has 5 nitrogen and oxygen atoms in total. The third-order valence-electron chi connectivity index (χ3n) is 4.44. The maximum atomic E-state index is 14.1. The highest BCUT2D eigenvalue weighted by Crippen LogP contribution is 2.37. The zero-order valence-electron chi connectivity index (χ0n) is 16.0. The second-order valence-corrected chi connectivity index (χ2v) is 7.64. The lowest BCUT2D eigenvalue weighted by atomic mass is 10.1. The van der Waals surface area contributed by atoms with Gasteiger partial charge in [0.25, 0.3) is 0 Å². The molecule has 1 heterocycles. The van der Waals surface area contributed by atoms with E-state index in [1.165, 1.54) is 6.07 Å². The molecule has 0 radical (unpaired) electrons. The lowest BCUT2D eigenvalue weighted by molar-refractivity contribution is 0.276. The molecule has 3 rings (SSSR count). The van der Waals surface area contributed by atoms with Gasteiger partial charge in [0.05, 0.1) is 18.5 Å². The molecule has 0 aliphatic heterocycles. The topological polar surface area (TPSA) is 48.3 Å². The zero-order valence-corrected chi connectivity index (χ0v) is 18.3. The van der Waals surface area contributed by atoms with Crippen LogP contribution >= 0.6 is 27.5 Å². The molecule has 3 aromatic rings. The molecule has 0 atom stereocenters. The van der Waals surface area contributed by atoms with Crippen LogP contribution in [0.25, 0.3) is 0 Å². The van der Waals surface area contributed by atoms with Gasteiger partial charge in [-0.3, -0.25) is 0 Å². The Morgan fingerprint density at radius 2 is 2.10 bits per heavy atom. The van der Waals surface area contributed by atoms with Crippen molar-refractivity contribution in [3.63, 3.8) is 0 Å². The fraction of sp³-hybridized carbons (Fsp3) is 0.286. The smallest absolute Gasteiger partial charge is 0.167 e. The predicted molar refractivity (Wildman–Crippen MR) is 115 cm³/mol. The lowest BCUT2D eigenvalue weighted by Crippen LogP contribution is -2.17. The molecule has 0 spiro atoms. The van der Waals surface area contributed by atoms with Crippen LogP contribution in [0.3, 0.4) is 0 Å². The van der Waals surface area contributed by atoms with Gasteiger partial charge in [0.15, 0.2) is 11.5 Å². The third kappa shape index (κ3) is 5.72. The summed E-state index contributed by atoms with van der Waals surface area (Å²) in [5.74, 6) is 0.741. The second kappa shape index (κ2) is 10.6. The molecular weight excluding hydrogens is 461 g/mol. The highest BCUT2D eigenvalue weighted by Gasteiger charge is 2.16. The Hall–Kier alpha value is -2.09. The summed E-state index contributed by atoms with van der Waals surface area (Å²) in [6, 6.07) is 8.30. The minimum Gasteiger partial charge on any atom is -0.493 e. The maximum absolute atomic E-state index is 14.1. The van der Waals surface area contributed by atoms with E-state index in [9.17, 15) is 4.39 Å². The highest BCUT2D eigenvalue weighted by molar-refractivity contribution is 9.10. The molecule has 8 heteroatoms. The SMILES string of the molecule is COc1ccc(Br)c(CNCCCn2ccnc2)c1OCc1c(F)cccc1Cl. The molecule has 1 N–H and O–H groups in total. The molecule has 0 aliphatic rings. The molecule has 0 bridgehead atoms. The Kier molecular flexibility index (Phi) is 7.91. The first kappa shape index (κ1) is 21.6. The van der Waals surface area contributed by atoms with Gasteiger partial charge >= 0.3 is 0 Å². The number of halogens is 3. The number of rotatable bonds is 10. The summed E-state index contributed by atoms with van der Waals surface area (Å²) in [5.41, 5.74) is 1.22. The van der Waals surface area contributed by atoms with E-state index in [0.717, 1.165) is 29.5 Å². The average molecular weight is 483 g/mol. The number of imidazole rings is 1. The highest BCUT2D eigenvalue weighted by atomic mass is 79.9. The molecule has 29 heavy (non-hydrogen) atoms. The van der Waals surface area contributed by atoms with Crippen molar-refractivity contribution in [1.82, 2.24) is 14.9 Å². The van der Waals surface area contributed by atoms with E-state index in [0.29, 0.717) is 28.6 Å². The molecule has 0 amide bonds. The van der Waals surface area contributed by atoms with E-state index >= 15 is 0 Å². The van der Waals surface area contributed by atoms with Crippen molar-refractivity contribution >= 4 is 27.5 Å². The van der Waals surface area contributed by atoms with Crippen molar-refractivity contribution in [3.05, 3.63) is 75.5 Å². The monoisotopic (exact) mass is 481 g/mol. The molecule has 2 aromatic carbocycles. The number of ether oxygens (including phenoxy) is 2. The van der Waals surface area contributed by atoms with Gasteiger partial charge in [-0.2, -0.15) is 0 Å². The second-order valence-electron chi connectivity index (χ2n) is 6.38. The van der Waals surface area contributed by atoms with Gasteiger partial charge in [-0.1, -0.05) is 33.6 Å². The largest absolute Gasteiger partial charge is 0.493 e. The van der Waals surface area contributed by atoms with E-state index in [1.54, 1.807) is 31.8 Å². The lowest BCUT2D eigenvalue weighted by Gasteiger charge is -2.18. The first-order valence-electron chi connectivity index (χ1n) is 9.17. The van der Waals surface area contributed by atoms with Crippen LogP contribution in [0.5, 0.6) is 11.5 Å². The van der Waals surface area contributed by atoms with Gasteiger partial charge in [-0.05, 0) is 37.2 Å². The van der Waals surface area contributed by atoms with E-state index in [1.807, 2.05) is 22.9 Å². The molecule has 0 fully saturated rings. The normalized spacial score (nSPS) is 10.9. The molecule has 0 saturated heterocycles. The van der Waals surface area contributed by atoms with Gasteiger partial charge in [0.2, 0.25) is 0 Å². The fourth-order valence-electron chi connectivity index (χ4n) is 2.90. The number of aromatic nitrogens is 2. The summed E-state index contributed by atoms with van der Waals surface area (Å²) in [7, 11) is 1.58. The summed E-state index contributed by atoms with van der Waals surface area (Å²) in [6.07, 6.45) is 6.47. The Bertz CT molecular complexity index is 918. The van der Waals surface area contributed by atoms with E-state index in [-0.39, 0.29) is 6.61 Å². The van der Waals surface area contributed by atoms with Crippen LogP contribution < -0.4 is 14.8 Å².